The Labute approximate surface area is 158 Å². The summed E-state index contributed by atoms with van der Waals surface area (Å²) in [4.78, 5) is 19.3. The van der Waals surface area contributed by atoms with Crippen molar-refractivity contribution >= 4 is 28.9 Å². The monoisotopic (exact) mass is 372 g/mol. The number of anilines is 1. The van der Waals surface area contributed by atoms with Crippen molar-refractivity contribution in [1.82, 2.24) is 0 Å². The fraction of sp³-hybridized carbons (Fsp3) is 0.300. The van der Waals surface area contributed by atoms with E-state index in [9.17, 15) is 4.79 Å². The van der Waals surface area contributed by atoms with Crippen LogP contribution in [0, 0.1) is 0 Å². The van der Waals surface area contributed by atoms with Crippen LogP contribution in [-0.2, 0) is 14.3 Å². The van der Waals surface area contributed by atoms with E-state index in [4.69, 9.17) is 26.1 Å². The fourth-order valence-corrected chi connectivity index (χ4v) is 3.06. The summed E-state index contributed by atoms with van der Waals surface area (Å²) >= 11 is 6.22. The minimum absolute atomic E-state index is 0.114. The number of carbonyl (C=O) groups is 1. The lowest BCUT2D eigenvalue weighted by atomic mass is 10.0. The smallest absolute Gasteiger partial charge is 0.253 e. The van der Waals surface area contributed by atoms with Gasteiger partial charge in [-0.05, 0) is 18.2 Å². The molecule has 0 radical (unpaired) electrons. The molecule has 26 heavy (non-hydrogen) atoms. The van der Waals surface area contributed by atoms with Crippen molar-refractivity contribution in [2.75, 3.05) is 38.9 Å². The maximum Gasteiger partial charge on any atom is 0.253 e. The van der Waals surface area contributed by atoms with Gasteiger partial charge in [0.25, 0.3) is 5.91 Å². The molecule has 2 aromatic carbocycles. The van der Waals surface area contributed by atoms with Gasteiger partial charge in [-0.15, -0.1) is 0 Å². The van der Waals surface area contributed by atoms with Crippen molar-refractivity contribution in [1.29, 1.82) is 0 Å². The Bertz CT molecular complexity index is 808. The van der Waals surface area contributed by atoms with Gasteiger partial charge < -0.3 is 14.4 Å². The van der Waals surface area contributed by atoms with Gasteiger partial charge in [-0.3, -0.25) is 9.79 Å². The average Bonchev–Trinajstić information content (AvgIpc) is 2.76. The number of aliphatic imine (C=N–C) groups is 1. The molecule has 5 nitrogen and oxygen atoms in total. The molecule has 0 aliphatic carbocycles. The van der Waals surface area contributed by atoms with E-state index in [0.717, 1.165) is 22.5 Å². The van der Waals surface area contributed by atoms with Crippen LogP contribution in [0.25, 0.3) is 0 Å². The molecule has 136 valence electrons. The standard InChI is InChI=1S/C20H21ClN2O3/c1-23-18-9-8-15(21)12-16(18)19(14-6-4-3-5-7-14)22-17(20(23)24)13-26-11-10-25-2/h3-9,12,17H,10-11,13H2,1-2H3. The summed E-state index contributed by atoms with van der Waals surface area (Å²) in [5.74, 6) is -0.114. The van der Waals surface area contributed by atoms with Crippen molar-refractivity contribution in [2.45, 2.75) is 6.04 Å². The van der Waals surface area contributed by atoms with E-state index in [1.54, 1.807) is 25.1 Å². The quantitative estimate of drug-likeness (QED) is 0.732. The fourth-order valence-electron chi connectivity index (χ4n) is 2.89. The van der Waals surface area contributed by atoms with E-state index in [-0.39, 0.29) is 12.5 Å². The average molecular weight is 373 g/mol. The van der Waals surface area contributed by atoms with E-state index in [1.807, 2.05) is 42.5 Å². The van der Waals surface area contributed by atoms with Gasteiger partial charge in [0.2, 0.25) is 0 Å². The first-order valence-electron chi connectivity index (χ1n) is 8.39. The third-order valence-electron chi connectivity index (χ3n) is 4.23. The molecular weight excluding hydrogens is 352 g/mol. The molecule has 1 aliphatic heterocycles. The molecule has 1 unspecified atom stereocenters. The number of methoxy groups -OCH3 is 1. The zero-order chi connectivity index (χ0) is 18.5. The number of hydrogen-bond donors (Lipinski definition) is 0. The minimum atomic E-state index is -0.627. The van der Waals surface area contributed by atoms with E-state index >= 15 is 0 Å². The van der Waals surface area contributed by atoms with E-state index < -0.39 is 6.04 Å². The van der Waals surface area contributed by atoms with Gasteiger partial charge in [0.05, 0.1) is 31.2 Å². The Morgan fingerprint density at radius 2 is 1.92 bits per heavy atom. The second-order valence-corrected chi connectivity index (χ2v) is 6.42. The molecule has 0 fully saturated rings. The highest BCUT2D eigenvalue weighted by atomic mass is 35.5. The highest BCUT2D eigenvalue weighted by Gasteiger charge is 2.30. The summed E-state index contributed by atoms with van der Waals surface area (Å²) in [6.45, 7) is 1.09. The maximum absolute atomic E-state index is 12.9. The van der Waals surface area contributed by atoms with Crippen LogP contribution in [-0.4, -0.2) is 51.6 Å². The van der Waals surface area contributed by atoms with Crippen molar-refractivity contribution in [3.05, 3.63) is 64.7 Å². The second-order valence-electron chi connectivity index (χ2n) is 5.99. The zero-order valence-corrected chi connectivity index (χ0v) is 15.6. The molecule has 0 bridgehead atoms. The Morgan fingerprint density at radius 1 is 1.15 bits per heavy atom. The van der Waals surface area contributed by atoms with Gasteiger partial charge >= 0.3 is 0 Å². The zero-order valence-electron chi connectivity index (χ0n) is 14.8. The number of rotatable bonds is 6. The van der Waals surface area contributed by atoms with Gasteiger partial charge in [-0.2, -0.15) is 0 Å². The van der Waals surface area contributed by atoms with Gasteiger partial charge in [-0.1, -0.05) is 41.9 Å². The largest absolute Gasteiger partial charge is 0.382 e. The molecule has 0 saturated heterocycles. The molecule has 0 spiro atoms. The maximum atomic E-state index is 12.9. The minimum Gasteiger partial charge on any atom is -0.382 e. The van der Waals surface area contributed by atoms with E-state index in [1.165, 1.54) is 0 Å². The Balaban J connectivity index is 2.04. The number of fused-ring (bicyclic) bond motifs is 1. The lowest BCUT2D eigenvalue weighted by Crippen LogP contribution is -2.37. The summed E-state index contributed by atoms with van der Waals surface area (Å²) < 4.78 is 10.6. The number of ether oxygens (including phenoxy) is 2. The Morgan fingerprint density at radius 3 is 2.65 bits per heavy atom. The van der Waals surface area contributed by atoms with Crippen molar-refractivity contribution in [2.24, 2.45) is 4.99 Å². The van der Waals surface area contributed by atoms with Crippen molar-refractivity contribution in [3.8, 4) is 0 Å². The van der Waals surface area contributed by atoms with Gasteiger partial charge in [0.15, 0.2) is 6.04 Å². The van der Waals surface area contributed by atoms with Crippen LogP contribution < -0.4 is 4.90 Å². The van der Waals surface area contributed by atoms with E-state index in [0.29, 0.717) is 18.2 Å². The van der Waals surface area contributed by atoms with Gasteiger partial charge in [0.1, 0.15) is 0 Å². The van der Waals surface area contributed by atoms with Gasteiger partial charge in [-0.25, -0.2) is 0 Å². The first-order chi connectivity index (χ1) is 12.6. The first kappa shape index (κ1) is 18.6. The first-order valence-corrected chi connectivity index (χ1v) is 8.77. The van der Waals surface area contributed by atoms with Crippen molar-refractivity contribution < 1.29 is 14.3 Å². The van der Waals surface area contributed by atoms with Crippen LogP contribution >= 0.6 is 11.6 Å². The van der Waals surface area contributed by atoms with Crippen LogP contribution in [0.2, 0.25) is 5.02 Å². The number of benzene rings is 2. The molecule has 0 saturated carbocycles. The highest BCUT2D eigenvalue weighted by Crippen LogP contribution is 2.30. The van der Waals surface area contributed by atoms with Crippen LogP contribution in [0.3, 0.4) is 0 Å². The molecule has 1 heterocycles. The topological polar surface area (TPSA) is 51.1 Å². The highest BCUT2D eigenvalue weighted by molar-refractivity contribution is 6.32. The SMILES string of the molecule is COCCOCC1N=C(c2ccccc2)c2cc(Cl)ccc2N(C)C1=O. The summed E-state index contributed by atoms with van der Waals surface area (Å²) in [5.41, 5.74) is 3.28. The van der Waals surface area contributed by atoms with E-state index in [2.05, 4.69) is 0 Å². The number of benzodiazepines with no additional fused rings is 1. The van der Waals surface area contributed by atoms with Crippen LogP contribution in [0.4, 0.5) is 5.69 Å². The van der Waals surface area contributed by atoms with Crippen LogP contribution in [0.5, 0.6) is 0 Å². The molecular formula is C20H21ClN2O3. The summed E-state index contributed by atoms with van der Waals surface area (Å²) in [6.07, 6.45) is 0. The summed E-state index contributed by atoms with van der Waals surface area (Å²) in [6, 6.07) is 14.6. The lowest BCUT2D eigenvalue weighted by molar-refractivity contribution is -0.120. The molecule has 0 aromatic heterocycles. The molecule has 1 atom stereocenters. The second kappa shape index (κ2) is 8.45. The third kappa shape index (κ3) is 3.96. The third-order valence-corrected chi connectivity index (χ3v) is 4.47. The molecule has 2 aromatic rings. The number of carbonyl (C=O) groups excluding carboxylic acids is 1. The van der Waals surface area contributed by atoms with Gasteiger partial charge in [0, 0.05) is 30.3 Å². The number of nitrogens with zero attached hydrogens (tertiary/aromatic N) is 2. The molecule has 0 N–H and O–H groups in total. The van der Waals surface area contributed by atoms with Crippen LogP contribution in [0.1, 0.15) is 11.1 Å². The number of halogens is 1. The van der Waals surface area contributed by atoms with Crippen LogP contribution in [0.15, 0.2) is 53.5 Å². The molecule has 6 heteroatoms. The normalized spacial score (nSPS) is 16.9. The summed E-state index contributed by atoms with van der Waals surface area (Å²) in [5, 5.41) is 0.600. The number of hydrogen-bond acceptors (Lipinski definition) is 4. The van der Waals surface area contributed by atoms with Crippen molar-refractivity contribution in [3.63, 3.8) is 0 Å². The molecule has 1 amide bonds. The Kier molecular flexibility index (Phi) is 6.04. The number of amides is 1. The predicted molar refractivity (Wildman–Crippen MR) is 103 cm³/mol. The Hall–Kier alpha value is -2.21. The predicted octanol–water partition coefficient (Wildman–Crippen LogP) is 3.19. The molecule has 3 rings (SSSR count). The summed E-state index contributed by atoms with van der Waals surface area (Å²) in [7, 11) is 3.36. The number of likely N-dealkylation sites (N-methyl/N-ethyl adjacent to an activating group) is 1. The lowest BCUT2D eigenvalue weighted by Gasteiger charge is -2.20. The molecule has 1 aliphatic rings.